The Labute approximate surface area is 123 Å². The van der Waals surface area contributed by atoms with Gasteiger partial charge in [-0.2, -0.15) is 11.8 Å². The van der Waals surface area contributed by atoms with Gasteiger partial charge >= 0.3 is 0 Å². The van der Waals surface area contributed by atoms with Crippen molar-refractivity contribution in [3.63, 3.8) is 0 Å². The van der Waals surface area contributed by atoms with Crippen molar-refractivity contribution in [3.8, 4) is 0 Å². The first kappa shape index (κ1) is 16.1. The van der Waals surface area contributed by atoms with Crippen LogP contribution in [0.5, 0.6) is 0 Å². The zero-order chi connectivity index (χ0) is 14.6. The van der Waals surface area contributed by atoms with Gasteiger partial charge in [0.05, 0.1) is 0 Å². The maximum Gasteiger partial charge on any atom is 0.267 e. The molecule has 108 valence electrons. The van der Waals surface area contributed by atoms with Gasteiger partial charge in [0.1, 0.15) is 10.7 Å². The summed E-state index contributed by atoms with van der Waals surface area (Å²) in [6.07, 6.45) is 2.98. The fourth-order valence-electron chi connectivity index (χ4n) is 1.69. The Morgan fingerprint density at radius 2 is 2.11 bits per heavy atom. The molecule has 1 aromatic rings. The average molecular weight is 302 g/mol. The van der Waals surface area contributed by atoms with E-state index in [-0.39, 0.29) is 11.9 Å². The summed E-state index contributed by atoms with van der Waals surface area (Å²) in [6.45, 7) is 2.09. The van der Waals surface area contributed by atoms with Crippen molar-refractivity contribution >= 4 is 40.0 Å². The summed E-state index contributed by atoms with van der Waals surface area (Å²) in [7, 11) is 5.61. The zero-order valence-corrected chi connectivity index (χ0v) is 13.8. The maximum atomic E-state index is 12.5. The quantitative estimate of drug-likeness (QED) is 0.871. The number of nitrogens with two attached hydrogens (primary N) is 1. The molecule has 1 atom stereocenters. The number of anilines is 2. The minimum atomic E-state index is -0.0380. The molecule has 0 aromatic carbocycles. The Balaban J connectivity index is 2.92. The predicted molar refractivity (Wildman–Crippen MR) is 85.4 cm³/mol. The highest BCUT2D eigenvalue weighted by atomic mass is 32.2. The summed E-state index contributed by atoms with van der Waals surface area (Å²) < 4.78 is 0. The SMILES string of the molecule is CCC(CSC)N(C)C(=O)c1sc(N(C)C)nc1N. The molecule has 2 N–H and O–H groups in total. The van der Waals surface area contributed by atoms with Crippen LogP contribution in [0.4, 0.5) is 10.9 Å². The number of hydrogen-bond acceptors (Lipinski definition) is 6. The van der Waals surface area contributed by atoms with Crippen LogP contribution in [0.15, 0.2) is 0 Å². The minimum absolute atomic E-state index is 0.0380. The number of thiazole rings is 1. The Kier molecular flexibility index (Phi) is 5.93. The molecule has 0 saturated heterocycles. The highest BCUT2D eigenvalue weighted by Crippen LogP contribution is 2.28. The molecule has 1 unspecified atom stereocenters. The van der Waals surface area contributed by atoms with Crippen LogP contribution in [-0.4, -0.2) is 55.0 Å². The number of nitrogens with zero attached hydrogens (tertiary/aromatic N) is 3. The second kappa shape index (κ2) is 7.00. The molecule has 0 fully saturated rings. The lowest BCUT2D eigenvalue weighted by Gasteiger charge is -2.26. The third-order valence-electron chi connectivity index (χ3n) is 2.92. The average Bonchev–Trinajstić information content (AvgIpc) is 2.76. The lowest BCUT2D eigenvalue weighted by Crippen LogP contribution is -2.38. The molecule has 0 radical (unpaired) electrons. The van der Waals surface area contributed by atoms with Crippen molar-refractivity contribution in [1.29, 1.82) is 0 Å². The van der Waals surface area contributed by atoms with Crippen molar-refractivity contribution in [1.82, 2.24) is 9.88 Å². The molecule has 19 heavy (non-hydrogen) atoms. The van der Waals surface area contributed by atoms with E-state index in [9.17, 15) is 4.79 Å². The monoisotopic (exact) mass is 302 g/mol. The van der Waals surface area contributed by atoms with Crippen LogP contribution in [0.3, 0.4) is 0 Å². The molecule has 5 nitrogen and oxygen atoms in total. The van der Waals surface area contributed by atoms with Gasteiger partial charge in [-0.15, -0.1) is 0 Å². The van der Waals surface area contributed by atoms with Crippen LogP contribution in [0.1, 0.15) is 23.0 Å². The van der Waals surface area contributed by atoms with Crippen molar-refractivity contribution in [2.24, 2.45) is 0 Å². The molecule has 1 amide bonds. The number of carbonyl (C=O) groups is 1. The molecule has 0 aliphatic heterocycles. The number of aromatic nitrogens is 1. The van der Waals surface area contributed by atoms with Crippen LogP contribution in [0.2, 0.25) is 0 Å². The Morgan fingerprint density at radius 1 is 1.47 bits per heavy atom. The highest BCUT2D eigenvalue weighted by molar-refractivity contribution is 7.98. The summed E-state index contributed by atoms with van der Waals surface area (Å²) >= 11 is 3.09. The number of carbonyl (C=O) groups excluding carboxylic acids is 1. The molecule has 0 bridgehead atoms. The van der Waals surface area contributed by atoms with Gasteiger partial charge in [-0.1, -0.05) is 18.3 Å². The highest BCUT2D eigenvalue weighted by Gasteiger charge is 2.24. The largest absolute Gasteiger partial charge is 0.382 e. The Bertz CT molecular complexity index is 433. The van der Waals surface area contributed by atoms with Crippen LogP contribution in [0, 0.1) is 0 Å². The Morgan fingerprint density at radius 3 is 2.53 bits per heavy atom. The fraction of sp³-hybridized carbons (Fsp3) is 0.667. The van der Waals surface area contributed by atoms with Gasteiger partial charge < -0.3 is 15.5 Å². The number of hydrogen-bond donors (Lipinski definition) is 1. The summed E-state index contributed by atoms with van der Waals surface area (Å²) in [5, 5.41) is 0.757. The van der Waals surface area contributed by atoms with Gasteiger partial charge in [0.2, 0.25) is 0 Å². The van der Waals surface area contributed by atoms with E-state index in [1.807, 2.05) is 32.3 Å². The second-order valence-corrected chi connectivity index (χ2v) is 6.43. The van der Waals surface area contributed by atoms with Gasteiger partial charge in [-0.05, 0) is 12.7 Å². The third-order valence-corrected chi connectivity index (χ3v) is 4.86. The molecular weight excluding hydrogens is 280 g/mol. The molecule has 0 spiro atoms. The van der Waals surface area contributed by atoms with Crippen LogP contribution < -0.4 is 10.6 Å². The molecule has 1 heterocycles. The van der Waals surface area contributed by atoms with Crippen molar-refractivity contribution in [2.45, 2.75) is 19.4 Å². The predicted octanol–water partition coefficient (Wildman–Crippen LogP) is 2.00. The van der Waals surface area contributed by atoms with Crippen LogP contribution in [0.25, 0.3) is 0 Å². The van der Waals surface area contributed by atoms with Gasteiger partial charge in [0.25, 0.3) is 5.91 Å². The lowest BCUT2D eigenvalue weighted by atomic mass is 10.2. The molecule has 1 rings (SSSR count). The topological polar surface area (TPSA) is 62.5 Å². The number of rotatable bonds is 6. The van der Waals surface area contributed by atoms with E-state index in [4.69, 9.17) is 5.73 Å². The maximum absolute atomic E-state index is 12.5. The van der Waals surface area contributed by atoms with Gasteiger partial charge in [0.15, 0.2) is 5.13 Å². The van der Waals surface area contributed by atoms with Gasteiger partial charge in [-0.3, -0.25) is 4.79 Å². The number of amides is 1. The minimum Gasteiger partial charge on any atom is -0.382 e. The normalized spacial score (nSPS) is 12.3. The molecule has 0 aliphatic carbocycles. The summed E-state index contributed by atoms with van der Waals surface area (Å²) in [4.78, 5) is 20.8. The standard InChI is InChI=1S/C12H22N4OS2/c1-6-8(7-18-5)16(4)11(17)9-10(13)14-12(19-9)15(2)3/h8H,6-7,13H2,1-5H3. The van der Waals surface area contributed by atoms with E-state index < -0.39 is 0 Å². The smallest absolute Gasteiger partial charge is 0.267 e. The van der Waals surface area contributed by atoms with E-state index in [1.165, 1.54) is 11.3 Å². The first-order valence-electron chi connectivity index (χ1n) is 6.12. The second-order valence-electron chi connectivity index (χ2n) is 4.54. The third kappa shape index (κ3) is 3.76. The van der Waals surface area contributed by atoms with Crippen LogP contribution >= 0.6 is 23.1 Å². The van der Waals surface area contributed by atoms with Crippen LogP contribution in [-0.2, 0) is 0 Å². The molecular formula is C12H22N4OS2. The summed E-state index contributed by atoms with van der Waals surface area (Å²) in [5.41, 5.74) is 5.85. The zero-order valence-electron chi connectivity index (χ0n) is 12.1. The van der Waals surface area contributed by atoms with E-state index in [0.717, 1.165) is 17.3 Å². The van der Waals surface area contributed by atoms with E-state index >= 15 is 0 Å². The van der Waals surface area contributed by atoms with Crippen molar-refractivity contribution in [2.75, 3.05) is 43.8 Å². The van der Waals surface area contributed by atoms with Crippen molar-refractivity contribution < 1.29 is 4.79 Å². The van der Waals surface area contributed by atoms with Gasteiger partial charge in [-0.25, -0.2) is 4.98 Å². The lowest BCUT2D eigenvalue weighted by molar-refractivity contribution is 0.0749. The summed E-state index contributed by atoms with van der Waals surface area (Å²) in [5.74, 6) is 1.21. The van der Waals surface area contributed by atoms with E-state index in [0.29, 0.717) is 10.7 Å². The Hall–Kier alpha value is -0.950. The van der Waals surface area contributed by atoms with Gasteiger partial charge in [0, 0.05) is 32.9 Å². The number of thioether (sulfide) groups is 1. The molecule has 7 heteroatoms. The first-order valence-corrected chi connectivity index (χ1v) is 8.33. The van der Waals surface area contributed by atoms with Crippen molar-refractivity contribution in [3.05, 3.63) is 4.88 Å². The van der Waals surface area contributed by atoms with E-state index in [1.54, 1.807) is 16.7 Å². The molecule has 0 aliphatic rings. The molecule has 0 saturated carbocycles. The van der Waals surface area contributed by atoms with E-state index in [2.05, 4.69) is 11.9 Å². The molecule has 1 aromatic heterocycles. The first-order chi connectivity index (χ1) is 8.92. The summed E-state index contributed by atoms with van der Waals surface area (Å²) in [6, 6.07) is 0.229. The fourth-order valence-corrected chi connectivity index (χ4v) is 3.42. The number of nitrogen functional groups attached to an aromatic ring is 1.